The molecule has 0 aromatic heterocycles. The molecule has 0 fully saturated rings. The molecule has 7 heteroatoms. The lowest BCUT2D eigenvalue weighted by Crippen LogP contribution is -2.42. The van der Waals surface area contributed by atoms with E-state index in [2.05, 4.69) is 15.4 Å². The van der Waals surface area contributed by atoms with Crippen molar-refractivity contribution in [2.75, 3.05) is 20.3 Å². The number of carbonyl (C=O) groups excluding carboxylic acids is 3. The van der Waals surface area contributed by atoms with Crippen LogP contribution in [0.2, 0.25) is 0 Å². The summed E-state index contributed by atoms with van der Waals surface area (Å²) in [5, 5.41) is 4.75. The molecule has 0 aliphatic rings. The topological polar surface area (TPSA) is 93.7 Å². The molecule has 0 unspecified atom stereocenters. The van der Waals surface area contributed by atoms with Crippen molar-refractivity contribution < 1.29 is 23.9 Å². The first-order chi connectivity index (χ1) is 10.9. The Bertz CT molecular complexity index is 557. The Balaban J connectivity index is 2.38. The van der Waals surface area contributed by atoms with Crippen LogP contribution in [-0.4, -0.2) is 38.2 Å². The van der Waals surface area contributed by atoms with Gasteiger partial charge in [-0.05, 0) is 30.5 Å². The molecular formula is C16H22N2O5. The lowest BCUT2D eigenvalue weighted by molar-refractivity contribution is -0.122. The number of hydrogen-bond donors (Lipinski definition) is 2. The van der Waals surface area contributed by atoms with Gasteiger partial charge in [0, 0.05) is 6.54 Å². The van der Waals surface area contributed by atoms with E-state index in [1.165, 1.54) is 13.2 Å². The number of methoxy groups -OCH3 is 1. The molecular weight excluding hydrogens is 300 g/mol. The van der Waals surface area contributed by atoms with Gasteiger partial charge in [0.15, 0.2) is 6.61 Å². The molecule has 0 bridgehead atoms. The van der Waals surface area contributed by atoms with Gasteiger partial charge in [-0.1, -0.05) is 19.9 Å². The summed E-state index contributed by atoms with van der Waals surface area (Å²) in [5.74, 6) is -0.264. The normalized spacial score (nSPS) is 10.1. The second kappa shape index (κ2) is 9.45. The van der Waals surface area contributed by atoms with Crippen LogP contribution in [0.25, 0.3) is 0 Å². The number of hydrogen-bond acceptors (Lipinski definition) is 5. The average Bonchev–Trinajstić information content (AvgIpc) is 2.52. The second-order valence-electron chi connectivity index (χ2n) is 5.29. The molecule has 0 radical (unpaired) electrons. The van der Waals surface area contributed by atoms with Crippen molar-refractivity contribution in [3.63, 3.8) is 0 Å². The summed E-state index contributed by atoms with van der Waals surface area (Å²) >= 11 is 0. The van der Waals surface area contributed by atoms with Crippen LogP contribution in [0.5, 0.6) is 5.75 Å². The summed E-state index contributed by atoms with van der Waals surface area (Å²) in [4.78, 5) is 34.5. The SMILES string of the molecule is COC(=O)c1cccc(OCC(=O)NC(=O)NCCC(C)C)c1. The van der Waals surface area contributed by atoms with Gasteiger partial charge in [0.05, 0.1) is 12.7 Å². The third-order valence-corrected chi connectivity index (χ3v) is 2.89. The lowest BCUT2D eigenvalue weighted by atomic mass is 10.1. The average molecular weight is 322 g/mol. The summed E-state index contributed by atoms with van der Waals surface area (Å²) in [6.45, 7) is 4.25. The van der Waals surface area contributed by atoms with Gasteiger partial charge in [0.1, 0.15) is 5.75 Å². The predicted molar refractivity (Wildman–Crippen MR) is 84.3 cm³/mol. The van der Waals surface area contributed by atoms with E-state index in [1.54, 1.807) is 18.2 Å². The van der Waals surface area contributed by atoms with Crippen LogP contribution in [0.3, 0.4) is 0 Å². The van der Waals surface area contributed by atoms with Crippen LogP contribution >= 0.6 is 0 Å². The van der Waals surface area contributed by atoms with E-state index >= 15 is 0 Å². The van der Waals surface area contributed by atoms with Crippen molar-refractivity contribution in [3.05, 3.63) is 29.8 Å². The highest BCUT2D eigenvalue weighted by atomic mass is 16.5. The third-order valence-electron chi connectivity index (χ3n) is 2.89. The van der Waals surface area contributed by atoms with Crippen LogP contribution in [0, 0.1) is 5.92 Å². The van der Waals surface area contributed by atoms with Gasteiger partial charge in [-0.15, -0.1) is 0 Å². The van der Waals surface area contributed by atoms with Gasteiger partial charge < -0.3 is 14.8 Å². The molecule has 0 aliphatic carbocycles. The Morgan fingerprint density at radius 2 is 1.96 bits per heavy atom. The number of amides is 3. The second-order valence-corrected chi connectivity index (χ2v) is 5.29. The van der Waals surface area contributed by atoms with Crippen LogP contribution in [0.4, 0.5) is 4.79 Å². The molecule has 2 N–H and O–H groups in total. The Labute approximate surface area is 135 Å². The smallest absolute Gasteiger partial charge is 0.337 e. The molecule has 0 heterocycles. The zero-order valence-electron chi connectivity index (χ0n) is 13.5. The Morgan fingerprint density at radius 3 is 2.61 bits per heavy atom. The number of ether oxygens (including phenoxy) is 2. The number of carbonyl (C=O) groups is 3. The number of nitrogens with one attached hydrogen (secondary N) is 2. The molecule has 23 heavy (non-hydrogen) atoms. The summed E-state index contributed by atoms with van der Waals surface area (Å²) in [6.07, 6.45) is 0.832. The van der Waals surface area contributed by atoms with E-state index in [1.807, 2.05) is 13.8 Å². The predicted octanol–water partition coefficient (Wildman–Crippen LogP) is 1.72. The summed E-state index contributed by atoms with van der Waals surface area (Å²) in [7, 11) is 1.28. The first-order valence-corrected chi connectivity index (χ1v) is 7.31. The maximum atomic E-state index is 11.6. The van der Waals surface area contributed by atoms with Gasteiger partial charge in [-0.25, -0.2) is 9.59 Å². The molecule has 126 valence electrons. The highest BCUT2D eigenvalue weighted by Crippen LogP contribution is 2.13. The van der Waals surface area contributed by atoms with E-state index in [0.717, 1.165) is 6.42 Å². The minimum absolute atomic E-state index is 0.317. The Morgan fingerprint density at radius 1 is 1.22 bits per heavy atom. The number of benzene rings is 1. The van der Waals surface area contributed by atoms with E-state index in [-0.39, 0.29) is 6.61 Å². The van der Waals surface area contributed by atoms with Crippen molar-refractivity contribution >= 4 is 17.9 Å². The van der Waals surface area contributed by atoms with Crippen LogP contribution in [0.1, 0.15) is 30.6 Å². The maximum Gasteiger partial charge on any atom is 0.337 e. The van der Waals surface area contributed by atoms with Crippen LogP contribution < -0.4 is 15.4 Å². The summed E-state index contributed by atoms with van der Waals surface area (Å²) < 4.78 is 9.84. The van der Waals surface area contributed by atoms with Crippen LogP contribution in [-0.2, 0) is 9.53 Å². The van der Waals surface area contributed by atoms with E-state index in [9.17, 15) is 14.4 Å². The van der Waals surface area contributed by atoms with Crippen molar-refractivity contribution in [2.45, 2.75) is 20.3 Å². The highest BCUT2D eigenvalue weighted by Gasteiger charge is 2.10. The molecule has 0 spiro atoms. The highest BCUT2D eigenvalue weighted by molar-refractivity contribution is 5.95. The van der Waals surface area contributed by atoms with Crippen molar-refractivity contribution in [1.82, 2.24) is 10.6 Å². The molecule has 3 amide bonds. The van der Waals surface area contributed by atoms with Gasteiger partial charge in [-0.3, -0.25) is 10.1 Å². The molecule has 7 nitrogen and oxygen atoms in total. The monoisotopic (exact) mass is 322 g/mol. The Kier molecular flexibility index (Phi) is 7.59. The third kappa shape index (κ3) is 7.30. The number of imide groups is 1. The first kappa shape index (κ1) is 18.5. The van der Waals surface area contributed by atoms with Crippen LogP contribution in [0.15, 0.2) is 24.3 Å². The molecule has 0 aliphatic heterocycles. The molecule has 0 saturated carbocycles. The standard InChI is InChI=1S/C16H22N2O5/c1-11(2)7-8-17-16(21)18-14(19)10-23-13-6-4-5-12(9-13)15(20)22-3/h4-6,9,11H,7-8,10H2,1-3H3,(H2,17,18,19,21). The fourth-order valence-electron chi connectivity index (χ4n) is 1.66. The van der Waals surface area contributed by atoms with Gasteiger partial charge in [0.25, 0.3) is 5.91 Å². The summed E-state index contributed by atoms with van der Waals surface area (Å²) in [5.41, 5.74) is 0.317. The Hall–Kier alpha value is -2.57. The number of esters is 1. The minimum atomic E-state index is -0.574. The molecule has 0 atom stereocenters. The molecule has 1 aromatic rings. The van der Waals surface area contributed by atoms with Crippen molar-refractivity contribution in [2.24, 2.45) is 5.92 Å². The van der Waals surface area contributed by atoms with Crippen molar-refractivity contribution in [3.8, 4) is 5.75 Å². The fourth-order valence-corrected chi connectivity index (χ4v) is 1.66. The molecule has 1 aromatic carbocycles. The minimum Gasteiger partial charge on any atom is -0.484 e. The van der Waals surface area contributed by atoms with E-state index < -0.39 is 17.9 Å². The largest absolute Gasteiger partial charge is 0.484 e. The fraction of sp³-hybridized carbons (Fsp3) is 0.438. The van der Waals surface area contributed by atoms with Gasteiger partial charge in [0.2, 0.25) is 0 Å². The van der Waals surface area contributed by atoms with E-state index in [0.29, 0.717) is 23.8 Å². The first-order valence-electron chi connectivity index (χ1n) is 7.31. The maximum absolute atomic E-state index is 11.6. The molecule has 0 saturated heterocycles. The number of rotatable bonds is 7. The number of urea groups is 1. The van der Waals surface area contributed by atoms with Gasteiger partial charge >= 0.3 is 12.0 Å². The summed E-state index contributed by atoms with van der Waals surface area (Å²) in [6, 6.07) is 5.69. The van der Waals surface area contributed by atoms with Gasteiger partial charge in [-0.2, -0.15) is 0 Å². The zero-order valence-corrected chi connectivity index (χ0v) is 13.5. The van der Waals surface area contributed by atoms with Crippen molar-refractivity contribution in [1.29, 1.82) is 0 Å². The lowest BCUT2D eigenvalue weighted by Gasteiger charge is -2.09. The van der Waals surface area contributed by atoms with E-state index in [4.69, 9.17) is 4.74 Å². The molecule has 1 rings (SSSR count). The quantitative estimate of drug-likeness (QED) is 0.746. The zero-order chi connectivity index (χ0) is 17.2.